The minimum atomic E-state index is -3.22. The van der Waals surface area contributed by atoms with E-state index in [1.165, 1.54) is 4.88 Å². The molecule has 0 spiro atoms. The second-order valence-electron chi connectivity index (χ2n) is 4.41. The van der Waals surface area contributed by atoms with Crippen LogP contribution in [0, 0.1) is 0 Å². The maximum atomic E-state index is 12.1. The summed E-state index contributed by atoms with van der Waals surface area (Å²) in [6.07, 6.45) is 4.41. The summed E-state index contributed by atoms with van der Waals surface area (Å²) < 4.78 is 26.8. The largest absolute Gasteiger partial charge is 0.315 e. The van der Waals surface area contributed by atoms with Gasteiger partial charge in [-0.05, 0) is 25.8 Å². The number of hydrogen-bond donors (Lipinski definition) is 2. The van der Waals surface area contributed by atoms with Crippen LogP contribution >= 0.6 is 11.3 Å². The first-order valence-corrected chi connectivity index (χ1v) is 8.61. The fraction of sp³-hybridized carbons (Fsp3) is 0.727. The number of nitrogens with zero attached hydrogens (tertiary/aromatic N) is 1. The van der Waals surface area contributed by atoms with Gasteiger partial charge in [-0.25, -0.2) is 18.1 Å². The van der Waals surface area contributed by atoms with Crippen LogP contribution in [0.1, 0.15) is 29.7 Å². The number of sulfonamides is 1. The number of piperidine rings is 1. The molecule has 5 nitrogen and oxygen atoms in total. The number of hydrogen-bond acceptors (Lipinski definition) is 5. The Bertz CT molecular complexity index is 478. The van der Waals surface area contributed by atoms with Gasteiger partial charge in [0.2, 0.25) is 10.0 Å². The lowest BCUT2D eigenvalue weighted by Gasteiger charge is -2.22. The molecule has 1 fully saturated rings. The number of thiazole rings is 1. The normalized spacial score (nSPS) is 21.1. The standard InChI is InChI=1S/C11H19N3O2S2/c1-2-9-6-13-11(17-9)8-14-18(15,16)10-4-3-5-12-7-10/h6,10,12,14H,2-5,7-8H2,1H3. The van der Waals surface area contributed by atoms with Crippen molar-refractivity contribution in [3.05, 3.63) is 16.1 Å². The highest BCUT2D eigenvalue weighted by atomic mass is 32.2. The maximum absolute atomic E-state index is 12.1. The Morgan fingerprint density at radius 1 is 1.61 bits per heavy atom. The smallest absolute Gasteiger partial charge is 0.216 e. The average Bonchev–Trinajstić information content (AvgIpc) is 2.86. The molecule has 1 atom stereocenters. The van der Waals surface area contributed by atoms with Crippen LogP contribution in [0.4, 0.5) is 0 Å². The average molecular weight is 289 g/mol. The van der Waals surface area contributed by atoms with E-state index in [0.29, 0.717) is 13.1 Å². The zero-order chi connectivity index (χ0) is 13.0. The molecule has 102 valence electrons. The van der Waals surface area contributed by atoms with Crippen molar-refractivity contribution < 1.29 is 8.42 Å². The highest BCUT2D eigenvalue weighted by Gasteiger charge is 2.26. The molecule has 1 aromatic heterocycles. The molecule has 0 aromatic carbocycles. The van der Waals surface area contributed by atoms with Crippen LogP contribution in [-0.4, -0.2) is 31.7 Å². The Morgan fingerprint density at radius 2 is 2.44 bits per heavy atom. The highest BCUT2D eigenvalue weighted by Crippen LogP contribution is 2.15. The second-order valence-corrected chi connectivity index (χ2v) is 7.65. The van der Waals surface area contributed by atoms with Crippen LogP contribution in [0.15, 0.2) is 6.20 Å². The van der Waals surface area contributed by atoms with Gasteiger partial charge in [-0.2, -0.15) is 0 Å². The fourth-order valence-corrected chi connectivity index (χ4v) is 4.24. The summed E-state index contributed by atoms with van der Waals surface area (Å²) in [7, 11) is -3.22. The van der Waals surface area contributed by atoms with E-state index in [1.807, 2.05) is 6.20 Å². The van der Waals surface area contributed by atoms with Crippen LogP contribution in [0.25, 0.3) is 0 Å². The molecule has 0 saturated carbocycles. The minimum absolute atomic E-state index is 0.308. The van der Waals surface area contributed by atoms with Gasteiger partial charge in [0.25, 0.3) is 0 Å². The molecule has 0 radical (unpaired) electrons. The molecule has 2 rings (SSSR count). The van der Waals surface area contributed by atoms with Crippen molar-refractivity contribution in [2.24, 2.45) is 0 Å². The van der Waals surface area contributed by atoms with Gasteiger partial charge in [0.1, 0.15) is 5.01 Å². The molecule has 7 heteroatoms. The predicted octanol–water partition coefficient (Wildman–Crippen LogP) is 0.877. The first-order chi connectivity index (χ1) is 8.62. The molecular formula is C11H19N3O2S2. The Labute approximate surface area is 112 Å². The summed E-state index contributed by atoms with van der Waals surface area (Å²) >= 11 is 1.57. The summed E-state index contributed by atoms with van der Waals surface area (Å²) in [6.45, 7) is 3.84. The molecule has 0 bridgehead atoms. The van der Waals surface area contributed by atoms with Crippen LogP contribution < -0.4 is 10.0 Å². The number of aryl methyl sites for hydroxylation is 1. The van der Waals surface area contributed by atoms with E-state index >= 15 is 0 Å². The molecular weight excluding hydrogens is 270 g/mol. The highest BCUT2D eigenvalue weighted by molar-refractivity contribution is 7.90. The summed E-state index contributed by atoms with van der Waals surface area (Å²) in [5.41, 5.74) is 0. The lowest BCUT2D eigenvalue weighted by atomic mass is 10.2. The quantitative estimate of drug-likeness (QED) is 0.844. The van der Waals surface area contributed by atoms with E-state index in [2.05, 4.69) is 21.9 Å². The van der Waals surface area contributed by atoms with Gasteiger partial charge < -0.3 is 5.32 Å². The third kappa shape index (κ3) is 3.50. The molecule has 0 aliphatic carbocycles. The van der Waals surface area contributed by atoms with E-state index < -0.39 is 10.0 Å². The van der Waals surface area contributed by atoms with Crippen molar-refractivity contribution >= 4 is 21.4 Å². The first-order valence-electron chi connectivity index (χ1n) is 6.24. The van der Waals surface area contributed by atoms with Crippen molar-refractivity contribution in [3.63, 3.8) is 0 Å². The van der Waals surface area contributed by atoms with E-state index in [-0.39, 0.29) is 5.25 Å². The summed E-state index contributed by atoms with van der Waals surface area (Å²) in [5, 5.41) is 3.64. The van der Waals surface area contributed by atoms with E-state index in [4.69, 9.17) is 0 Å². The number of nitrogens with one attached hydrogen (secondary N) is 2. The van der Waals surface area contributed by atoms with Gasteiger partial charge in [-0.15, -0.1) is 11.3 Å². The number of aromatic nitrogens is 1. The van der Waals surface area contributed by atoms with Gasteiger partial charge in [-0.3, -0.25) is 0 Å². The lowest BCUT2D eigenvalue weighted by molar-refractivity contribution is 0.490. The topological polar surface area (TPSA) is 71.1 Å². The van der Waals surface area contributed by atoms with Gasteiger partial charge in [0.05, 0.1) is 11.8 Å². The van der Waals surface area contributed by atoms with Crippen molar-refractivity contribution in [1.82, 2.24) is 15.0 Å². The van der Waals surface area contributed by atoms with Crippen molar-refractivity contribution in [1.29, 1.82) is 0 Å². The summed E-state index contributed by atoms with van der Waals surface area (Å²) in [6, 6.07) is 0. The zero-order valence-electron chi connectivity index (χ0n) is 10.5. The van der Waals surface area contributed by atoms with Crippen LogP contribution in [-0.2, 0) is 23.0 Å². The predicted molar refractivity (Wildman–Crippen MR) is 73.1 cm³/mol. The lowest BCUT2D eigenvalue weighted by Crippen LogP contribution is -2.44. The molecule has 2 heterocycles. The van der Waals surface area contributed by atoms with Crippen molar-refractivity contribution in [2.75, 3.05) is 13.1 Å². The SMILES string of the molecule is CCc1cnc(CNS(=O)(=O)C2CCCNC2)s1. The Balaban J connectivity index is 1.91. The Hall–Kier alpha value is -0.500. The fourth-order valence-electron chi connectivity index (χ4n) is 1.96. The van der Waals surface area contributed by atoms with Crippen LogP contribution in [0.2, 0.25) is 0 Å². The molecule has 18 heavy (non-hydrogen) atoms. The van der Waals surface area contributed by atoms with E-state index in [1.54, 1.807) is 11.3 Å². The van der Waals surface area contributed by atoms with E-state index in [0.717, 1.165) is 30.8 Å². The molecule has 1 saturated heterocycles. The van der Waals surface area contributed by atoms with E-state index in [9.17, 15) is 8.42 Å². The van der Waals surface area contributed by atoms with Crippen molar-refractivity contribution in [3.8, 4) is 0 Å². The van der Waals surface area contributed by atoms with Crippen LogP contribution in [0.3, 0.4) is 0 Å². The first kappa shape index (κ1) is 13.9. The zero-order valence-corrected chi connectivity index (χ0v) is 12.1. The van der Waals surface area contributed by atoms with Gasteiger partial charge in [0, 0.05) is 17.6 Å². The molecule has 1 aliphatic rings. The summed E-state index contributed by atoms with van der Waals surface area (Å²) in [4.78, 5) is 5.40. The Morgan fingerprint density at radius 3 is 3.06 bits per heavy atom. The molecule has 1 aromatic rings. The number of rotatable bonds is 5. The third-order valence-electron chi connectivity index (χ3n) is 3.06. The van der Waals surface area contributed by atoms with Gasteiger partial charge in [-0.1, -0.05) is 6.92 Å². The Kier molecular flexibility index (Phi) is 4.71. The van der Waals surface area contributed by atoms with Crippen LogP contribution in [0.5, 0.6) is 0 Å². The molecule has 1 unspecified atom stereocenters. The van der Waals surface area contributed by atoms with Crippen molar-refractivity contribution in [2.45, 2.75) is 38.0 Å². The second kappa shape index (κ2) is 6.10. The molecule has 0 amide bonds. The monoisotopic (exact) mass is 289 g/mol. The summed E-state index contributed by atoms with van der Waals surface area (Å²) in [5.74, 6) is 0. The molecule has 2 N–H and O–H groups in total. The third-order valence-corrected chi connectivity index (χ3v) is 6.03. The minimum Gasteiger partial charge on any atom is -0.315 e. The maximum Gasteiger partial charge on any atom is 0.216 e. The molecule has 1 aliphatic heterocycles. The van der Waals surface area contributed by atoms with Gasteiger partial charge in [0.15, 0.2) is 0 Å². The van der Waals surface area contributed by atoms with Gasteiger partial charge >= 0.3 is 0 Å².